The molecule has 0 aromatic heterocycles. The number of fused-ring (bicyclic) bond motifs is 1. The first kappa shape index (κ1) is 17.9. The fraction of sp³-hybridized carbons (Fsp3) is 0.450. The molecule has 1 aliphatic heterocycles. The van der Waals surface area contributed by atoms with Gasteiger partial charge in [0.2, 0.25) is 5.91 Å². The highest BCUT2D eigenvalue weighted by Gasteiger charge is 2.34. The number of nitrogens with zero attached hydrogens (tertiary/aromatic N) is 1. The third-order valence-electron chi connectivity index (χ3n) is 4.94. The van der Waals surface area contributed by atoms with Gasteiger partial charge < -0.3 is 4.90 Å². The smallest absolute Gasteiger partial charge is 0.227 e. The van der Waals surface area contributed by atoms with E-state index in [9.17, 15) is 13.2 Å². The number of unbranched alkanes of at least 4 members (excludes halogenated alkanes) is 1. The summed E-state index contributed by atoms with van der Waals surface area (Å²) in [5.74, 6) is 0.340. The monoisotopic (exact) mass is 359 g/mol. The van der Waals surface area contributed by atoms with Gasteiger partial charge in [-0.15, -0.1) is 0 Å². The summed E-state index contributed by atoms with van der Waals surface area (Å²) in [6.45, 7) is 2.72. The Morgan fingerprint density at radius 2 is 1.92 bits per heavy atom. The zero-order valence-electron chi connectivity index (χ0n) is 14.6. The Hall–Kier alpha value is -1.88. The largest absolute Gasteiger partial charge is 0.338 e. The van der Waals surface area contributed by atoms with E-state index in [1.807, 2.05) is 47.4 Å². The van der Waals surface area contributed by atoms with Crippen LogP contribution in [0.15, 0.2) is 42.5 Å². The van der Waals surface area contributed by atoms with Gasteiger partial charge in [-0.25, -0.2) is 8.42 Å². The molecule has 2 aromatic carbocycles. The molecule has 0 spiro atoms. The van der Waals surface area contributed by atoms with Crippen LogP contribution in [-0.2, 0) is 21.1 Å². The van der Waals surface area contributed by atoms with E-state index in [1.165, 1.54) is 0 Å². The van der Waals surface area contributed by atoms with Crippen LogP contribution in [0.3, 0.4) is 0 Å². The van der Waals surface area contributed by atoms with Gasteiger partial charge in [-0.3, -0.25) is 4.79 Å². The van der Waals surface area contributed by atoms with Gasteiger partial charge in [-0.05, 0) is 29.2 Å². The highest BCUT2D eigenvalue weighted by molar-refractivity contribution is 7.91. The number of sulfone groups is 1. The summed E-state index contributed by atoms with van der Waals surface area (Å²) in [5.41, 5.74) is 1.01. The van der Waals surface area contributed by atoms with Crippen molar-refractivity contribution >= 4 is 26.5 Å². The van der Waals surface area contributed by atoms with Crippen molar-refractivity contribution in [1.82, 2.24) is 4.90 Å². The van der Waals surface area contributed by atoms with E-state index in [1.54, 1.807) is 0 Å². The fourth-order valence-corrected chi connectivity index (χ4v) is 5.30. The molecule has 25 heavy (non-hydrogen) atoms. The Morgan fingerprint density at radius 3 is 2.64 bits per heavy atom. The molecule has 0 radical (unpaired) electrons. The van der Waals surface area contributed by atoms with Gasteiger partial charge >= 0.3 is 0 Å². The summed E-state index contributed by atoms with van der Waals surface area (Å²) >= 11 is 0. The molecule has 1 amide bonds. The molecule has 3 rings (SSSR count). The van der Waals surface area contributed by atoms with E-state index >= 15 is 0 Å². The first-order valence-electron chi connectivity index (χ1n) is 8.96. The number of carbonyl (C=O) groups is 1. The van der Waals surface area contributed by atoms with Gasteiger partial charge in [0.1, 0.15) is 0 Å². The average Bonchev–Trinajstić information content (AvgIpc) is 2.95. The minimum absolute atomic E-state index is 0.0342. The standard InChI is InChI=1S/C20H25NO3S/c1-2-3-12-21(18-11-13-25(23,24)15-18)20(22)14-17-9-6-8-16-7-4-5-10-19(16)17/h4-10,18H,2-3,11-15H2,1H3. The molecule has 1 saturated heterocycles. The molecule has 1 aliphatic rings. The van der Waals surface area contributed by atoms with Crippen molar-refractivity contribution in [3.05, 3.63) is 48.0 Å². The zero-order valence-corrected chi connectivity index (χ0v) is 15.5. The minimum Gasteiger partial charge on any atom is -0.338 e. The Balaban J connectivity index is 1.82. The van der Waals surface area contributed by atoms with Gasteiger partial charge in [-0.2, -0.15) is 0 Å². The van der Waals surface area contributed by atoms with Crippen LogP contribution >= 0.6 is 0 Å². The molecule has 5 heteroatoms. The molecule has 0 N–H and O–H groups in total. The number of benzene rings is 2. The maximum Gasteiger partial charge on any atom is 0.227 e. The lowest BCUT2D eigenvalue weighted by molar-refractivity contribution is -0.132. The summed E-state index contributed by atoms with van der Waals surface area (Å²) in [4.78, 5) is 14.8. The van der Waals surface area contributed by atoms with Crippen molar-refractivity contribution in [1.29, 1.82) is 0 Å². The van der Waals surface area contributed by atoms with E-state index in [-0.39, 0.29) is 23.5 Å². The molecule has 0 bridgehead atoms. The molecule has 1 unspecified atom stereocenters. The van der Waals surface area contributed by atoms with E-state index in [0.717, 1.165) is 29.2 Å². The van der Waals surface area contributed by atoms with Crippen LogP contribution in [0.1, 0.15) is 31.7 Å². The van der Waals surface area contributed by atoms with Crippen LogP contribution in [0.4, 0.5) is 0 Å². The average molecular weight is 359 g/mol. The summed E-state index contributed by atoms with van der Waals surface area (Å²) in [5, 5.41) is 2.21. The van der Waals surface area contributed by atoms with Crippen LogP contribution in [0.5, 0.6) is 0 Å². The number of carbonyl (C=O) groups excluding carboxylic acids is 1. The summed E-state index contributed by atoms with van der Waals surface area (Å²) in [6, 6.07) is 13.9. The lowest BCUT2D eigenvalue weighted by Crippen LogP contribution is -2.42. The maximum absolute atomic E-state index is 13.0. The third kappa shape index (κ3) is 4.21. The molecule has 1 atom stereocenters. The Bertz CT molecular complexity index is 855. The van der Waals surface area contributed by atoms with E-state index < -0.39 is 9.84 Å². The van der Waals surface area contributed by atoms with Crippen LogP contribution < -0.4 is 0 Å². The van der Waals surface area contributed by atoms with Gasteiger partial charge in [0.25, 0.3) is 0 Å². The summed E-state index contributed by atoms with van der Waals surface area (Å²) < 4.78 is 23.7. The zero-order chi connectivity index (χ0) is 17.9. The summed E-state index contributed by atoms with van der Waals surface area (Å²) in [7, 11) is -3.00. The van der Waals surface area contributed by atoms with Crippen LogP contribution in [0, 0.1) is 0 Å². The molecule has 1 fully saturated rings. The normalized spacial score (nSPS) is 19.2. The van der Waals surface area contributed by atoms with Crippen molar-refractivity contribution in [3.63, 3.8) is 0 Å². The maximum atomic E-state index is 13.0. The molecule has 134 valence electrons. The molecule has 2 aromatic rings. The van der Waals surface area contributed by atoms with Crippen molar-refractivity contribution in [2.24, 2.45) is 0 Å². The predicted molar refractivity (Wildman–Crippen MR) is 101 cm³/mol. The van der Waals surface area contributed by atoms with Crippen LogP contribution in [0.2, 0.25) is 0 Å². The molecule has 4 nitrogen and oxygen atoms in total. The second kappa shape index (κ2) is 7.56. The van der Waals surface area contributed by atoms with Crippen molar-refractivity contribution in [3.8, 4) is 0 Å². The van der Waals surface area contributed by atoms with Crippen molar-refractivity contribution in [2.75, 3.05) is 18.1 Å². The lowest BCUT2D eigenvalue weighted by atomic mass is 10.0. The number of hydrogen-bond donors (Lipinski definition) is 0. The first-order valence-corrected chi connectivity index (χ1v) is 10.8. The van der Waals surface area contributed by atoms with E-state index in [2.05, 4.69) is 6.92 Å². The number of hydrogen-bond acceptors (Lipinski definition) is 3. The SMILES string of the molecule is CCCCN(C(=O)Cc1cccc2ccccc12)C1CCS(=O)(=O)C1. The first-order chi connectivity index (χ1) is 12.0. The Labute approximate surface area is 149 Å². The third-order valence-corrected chi connectivity index (χ3v) is 6.69. The topological polar surface area (TPSA) is 54.5 Å². The highest BCUT2D eigenvalue weighted by atomic mass is 32.2. The highest BCUT2D eigenvalue weighted by Crippen LogP contribution is 2.22. The van der Waals surface area contributed by atoms with E-state index in [0.29, 0.717) is 19.4 Å². The number of amides is 1. The Morgan fingerprint density at radius 1 is 1.16 bits per heavy atom. The van der Waals surface area contributed by atoms with Gasteiger partial charge in [0.15, 0.2) is 9.84 Å². The lowest BCUT2D eigenvalue weighted by Gasteiger charge is -2.28. The molecular weight excluding hydrogens is 334 g/mol. The number of rotatable bonds is 6. The van der Waals surface area contributed by atoms with E-state index in [4.69, 9.17) is 0 Å². The van der Waals surface area contributed by atoms with Crippen molar-refractivity contribution in [2.45, 2.75) is 38.6 Å². The predicted octanol–water partition coefficient (Wildman–Crippen LogP) is 3.20. The molecule has 1 heterocycles. The molecular formula is C20H25NO3S. The minimum atomic E-state index is -3.00. The van der Waals surface area contributed by atoms with Gasteiger partial charge in [0.05, 0.1) is 17.9 Å². The van der Waals surface area contributed by atoms with Crippen LogP contribution in [-0.4, -0.2) is 43.3 Å². The second-order valence-corrected chi connectivity index (χ2v) is 9.04. The quantitative estimate of drug-likeness (QED) is 0.796. The second-order valence-electron chi connectivity index (χ2n) is 6.81. The summed E-state index contributed by atoms with van der Waals surface area (Å²) in [6.07, 6.45) is 2.77. The van der Waals surface area contributed by atoms with Gasteiger partial charge in [-0.1, -0.05) is 55.8 Å². The molecule has 0 saturated carbocycles. The molecule has 0 aliphatic carbocycles. The Kier molecular flexibility index (Phi) is 5.42. The van der Waals surface area contributed by atoms with Crippen molar-refractivity contribution < 1.29 is 13.2 Å². The fourth-order valence-electron chi connectivity index (χ4n) is 3.57. The van der Waals surface area contributed by atoms with Gasteiger partial charge in [0, 0.05) is 12.6 Å². The van der Waals surface area contributed by atoms with Crippen LogP contribution in [0.25, 0.3) is 10.8 Å².